The SMILES string of the molecule is CC(C)(N)Cc1cc2c(cc1Cl)OC1(CCC1)O2. The molecule has 1 saturated carbocycles. The molecule has 0 aromatic heterocycles. The minimum absolute atomic E-state index is 0.286. The van der Waals surface area contributed by atoms with Crippen LogP contribution in [-0.4, -0.2) is 11.3 Å². The molecular formula is C14H18ClNO2. The van der Waals surface area contributed by atoms with Gasteiger partial charge < -0.3 is 15.2 Å². The van der Waals surface area contributed by atoms with Crippen LogP contribution in [0, 0.1) is 0 Å². The largest absolute Gasteiger partial charge is 0.448 e. The lowest BCUT2D eigenvalue weighted by Crippen LogP contribution is -2.45. The predicted molar refractivity (Wildman–Crippen MR) is 71.3 cm³/mol. The molecule has 0 amide bonds. The van der Waals surface area contributed by atoms with Crippen molar-refractivity contribution >= 4 is 11.6 Å². The molecule has 2 N–H and O–H groups in total. The van der Waals surface area contributed by atoms with Crippen LogP contribution in [0.3, 0.4) is 0 Å². The molecule has 1 fully saturated rings. The molecule has 2 aliphatic rings. The maximum atomic E-state index is 6.28. The molecule has 0 atom stereocenters. The zero-order chi connectivity index (χ0) is 13.0. The van der Waals surface area contributed by atoms with Crippen molar-refractivity contribution in [2.45, 2.75) is 50.9 Å². The first-order valence-corrected chi connectivity index (χ1v) is 6.74. The van der Waals surface area contributed by atoms with Crippen LogP contribution in [0.25, 0.3) is 0 Å². The third kappa shape index (κ3) is 2.06. The summed E-state index contributed by atoms with van der Waals surface area (Å²) in [5.41, 5.74) is 6.77. The van der Waals surface area contributed by atoms with Gasteiger partial charge in [-0.25, -0.2) is 0 Å². The van der Waals surface area contributed by atoms with Crippen molar-refractivity contribution in [2.75, 3.05) is 0 Å². The molecule has 3 rings (SSSR count). The average molecular weight is 268 g/mol. The fraction of sp³-hybridized carbons (Fsp3) is 0.571. The number of ether oxygens (including phenoxy) is 2. The lowest BCUT2D eigenvalue weighted by atomic mass is 9.91. The summed E-state index contributed by atoms with van der Waals surface area (Å²) in [6.07, 6.45) is 3.79. The Morgan fingerprint density at radius 1 is 1.28 bits per heavy atom. The number of fused-ring (bicyclic) bond motifs is 1. The molecule has 0 unspecified atom stereocenters. The lowest BCUT2D eigenvalue weighted by Gasteiger charge is -2.35. The Bertz CT molecular complexity index is 489. The van der Waals surface area contributed by atoms with E-state index in [-0.39, 0.29) is 5.54 Å². The van der Waals surface area contributed by atoms with Gasteiger partial charge in [-0.3, -0.25) is 0 Å². The highest BCUT2D eigenvalue weighted by atomic mass is 35.5. The second-order valence-electron chi connectivity index (χ2n) is 6.02. The van der Waals surface area contributed by atoms with E-state index in [1.807, 2.05) is 26.0 Å². The normalized spacial score (nSPS) is 20.0. The Morgan fingerprint density at radius 3 is 2.39 bits per heavy atom. The van der Waals surface area contributed by atoms with Crippen molar-refractivity contribution < 1.29 is 9.47 Å². The quantitative estimate of drug-likeness (QED) is 0.894. The molecule has 1 heterocycles. The van der Waals surface area contributed by atoms with Gasteiger partial charge in [0.2, 0.25) is 0 Å². The van der Waals surface area contributed by atoms with Crippen LogP contribution in [0.1, 0.15) is 38.7 Å². The Balaban J connectivity index is 1.90. The molecule has 0 radical (unpaired) electrons. The maximum Gasteiger partial charge on any atom is 0.251 e. The highest BCUT2D eigenvalue weighted by Gasteiger charge is 2.47. The number of hydrogen-bond acceptors (Lipinski definition) is 3. The summed E-state index contributed by atoms with van der Waals surface area (Å²) >= 11 is 6.28. The van der Waals surface area contributed by atoms with E-state index in [1.165, 1.54) is 0 Å². The minimum Gasteiger partial charge on any atom is -0.448 e. The summed E-state index contributed by atoms with van der Waals surface area (Å²) in [6, 6.07) is 3.82. The number of benzene rings is 1. The molecular weight excluding hydrogens is 250 g/mol. The summed E-state index contributed by atoms with van der Waals surface area (Å²) in [5.74, 6) is 1.17. The van der Waals surface area contributed by atoms with Crippen LogP contribution in [0.5, 0.6) is 11.5 Å². The van der Waals surface area contributed by atoms with Crippen LogP contribution in [0.15, 0.2) is 12.1 Å². The van der Waals surface area contributed by atoms with E-state index in [9.17, 15) is 0 Å². The van der Waals surface area contributed by atoms with Gasteiger partial charge in [-0.1, -0.05) is 11.6 Å². The van der Waals surface area contributed by atoms with Crippen molar-refractivity contribution in [1.29, 1.82) is 0 Å². The molecule has 3 nitrogen and oxygen atoms in total. The highest BCUT2D eigenvalue weighted by Crippen LogP contribution is 2.49. The summed E-state index contributed by atoms with van der Waals surface area (Å²) in [4.78, 5) is 0. The van der Waals surface area contributed by atoms with Crippen LogP contribution < -0.4 is 15.2 Å². The third-order valence-electron chi connectivity index (χ3n) is 3.47. The number of hydrogen-bond donors (Lipinski definition) is 1. The molecule has 1 aliphatic heterocycles. The van der Waals surface area contributed by atoms with E-state index in [0.717, 1.165) is 42.7 Å². The zero-order valence-corrected chi connectivity index (χ0v) is 11.5. The average Bonchev–Trinajstić information content (AvgIpc) is 2.54. The highest BCUT2D eigenvalue weighted by molar-refractivity contribution is 6.31. The topological polar surface area (TPSA) is 44.5 Å². The van der Waals surface area contributed by atoms with E-state index in [4.69, 9.17) is 26.8 Å². The molecule has 1 aliphatic carbocycles. The van der Waals surface area contributed by atoms with Gasteiger partial charge in [-0.05, 0) is 38.3 Å². The first-order chi connectivity index (χ1) is 8.37. The van der Waals surface area contributed by atoms with E-state index in [1.54, 1.807) is 0 Å². The Kier molecular flexibility index (Phi) is 2.55. The van der Waals surface area contributed by atoms with Gasteiger partial charge in [0.1, 0.15) is 0 Å². The molecule has 1 aromatic rings. The van der Waals surface area contributed by atoms with Crippen LogP contribution >= 0.6 is 11.6 Å². The molecule has 0 bridgehead atoms. The number of halogens is 1. The second kappa shape index (κ2) is 3.78. The number of nitrogens with two attached hydrogens (primary N) is 1. The summed E-state index contributed by atoms with van der Waals surface area (Å²) in [6.45, 7) is 3.97. The zero-order valence-electron chi connectivity index (χ0n) is 10.8. The van der Waals surface area contributed by atoms with E-state index in [0.29, 0.717) is 5.02 Å². The van der Waals surface area contributed by atoms with Crippen LogP contribution in [-0.2, 0) is 6.42 Å². The fourth-order valence-electron chi connectivity index (χ4n) is 2.45. The molecule has 1 aromatic carbocycles. The van der Waals surface area contributed by atoms with Crippen LogP contribution in [0.2, 0.25) is 5.02 Å². The van der Waals surface area contributed by atoms with Gasteiger partial charge in [-0.15, -0.1) is 0 Å². The standard InChI is InChI=1S/C14H18ClNO2/c1-13(2,16)8-9-6-11-12(7-10(9)15)18-14(17-11)4-3-5-14/h6-7H,3-5,8,16H2,1-2H3. The summed E-state index contributed by atoms with van der Waals surface area (Å²) in [5, 5.41) is 0.701. The Hall–Kier alpha value is -0.930. The molecule has 1 spiro atoms. The van der Waals surface area contributed by atoms with Crippen molar-refractivity contribution in [2.24, 2.45) is 5.73 Å². The first-order valence-electron chi connectivity index (χ1n) is 6.36. The lowest BCUT2D eigenvalue weighted by molar-refractivity contribution is -0.138. The monoisotopic (exact) mass is 267 g/mol. The van der Waals surface area contributed by atoms with Crippen molar-refractivity contribution in [3.8, 4) is 11.5 Å². The maximum absolute atomic E-state index is 6.28. The fourth-order valence-corrected chi connectivity index (χ4v) is 2.67. The van der Waals surface area contributed by atoms with Crippen molar-refractivity contribution in [3.05, 3.63) is 22.7 Å². The van der Waals surface area contributed by atoms with E-state index in [2.05, 4.69) is 0 Å². The smallest absolute Gasteiger partial charge is 0.251 e. The van der Waals surface area contributed by atoms with Gasteiger partial charge in [0.05, 0.1) is 0 Å². The molecule has 0 saturated heterocycles. The van der Waals surface area contributed by atoms with Gasteiger partial charge >= 0.3 is 0 Å². The minimum atomic E-state index is -0.400. The summed E-state index contributed by atoms with van der Waals surface area (Å²) < 4.78 is 11.8. The number of rotatable bonds is 2. The second-order valence-corrected chi connectivity index (χ2v) is 6.43. The van der Waals surface area contributed by atoms with Gasteiger partial charge in [0, 0.05) is 29.5 Å². The Labute approximate surface area is 112 Å². The molecule has 98 valence electrons. The van der Waals surface area contributed by atoms with Crippen molar-refractivity contribution in [1.82, 2.24) is 0 Å². The van der Waals surface area contributed by atoms with Gasteiger partial charge in [0.25, 0.3) is 5.79 Å². The van der Waals surface area contributed by atoms with Crippen molar-refractivity contribution in [3.63, 3.8) is 0 Å². The van der Waals surface area contributed by atoms with E-state index < -0.39 is 5.79 Å². The van der Waals surface area contributed by atoms with Gasteiger partial charge in [0.15, 0.2) is 11.5 Å². The molecule has 4 heteroatoms. The van der Waals surface area contributed by atoms with Crippen LogP contribution in [0.4, 0.5) is 0 Å². The third-order valence-corrected chi connectivity index (χ3v) is 3.82. The van der Waals surface area contributed by atoms with E-state index >= 15 is 0 Å². The first kappa shape index (κ1) is 12.1. The molecule has 18 heavy (non-hydrogen) atoms. The Morgan fingerprint density at radius 2 is 1.89 bits per heavy atom. The van der Waals surface area contributed by atoms with Gasteiger partial charge in [-0.2, -0.15) is 0 Å². The predicted octanol–water partition coefficient (Wildman–Crippen LogP) is 3.27. The summed E-state index contributed by atoms with van der Waals surface area (Å²) in [7, 11) is 0.